The average molecular weight is 318 g/mol. The first kappa shape index (κ1) is 18.0. The van der Waals surface area contributed by atoms with Gasteiger partial charge in [0.15, 0.2) is 0 Å². The van der Waals surface area contributed by atoms with E-state index in [2.05, 4.69) is 31.2 Å². The highest BCUT2D eigenvalue weighted by Gasteiger charge is 2.37. The van der Waals surface area contributed by atoms with E-state index in [0.717, 1.165) is 18.4 Å². The van der Waals surface area contributed by atoms with Crippen molar-refractivity contribution in [3.05, 3.63) is 35.4 Å². The molecule has 1 N–H and O–H groups in total. The van der Waals surface area contributed by atoms with Crippen LogP contribution in [0.15, 0.2) is 24.3 Å². The molecule has 0 saturated heterocycles. The van der Waals surface area contributed by atoms with Crippen LogP contribution in [0.25, 0.3) is 0 Å². The zero-order valence-electron chi connectivity index (χ0n) is 14.9. The fourth-order valence-electron chi connectivity index (χ4n) is 3.72. The summed E-state index contributed by atoms with van der Waals surface area (Å²) in [7, 11) is 5.91. The van der Waals surface area contributed by atoms with E-state index in [1.165, 1.54) is 12.8 Å². The lowest BCUT2D eigenvalue weighted by molar-refractivity contribution is 0.0673. The van der Waals surface area contributed by atoms with Crippen molar-refractivity contribution in [1.29, 1.82) is 0 Å². The minimum absolute atomic E-state index is 0.00268. The number of nitrogens with one attached hydrogen (secondary N) is 1. The van der Waals surface area contributed by atoms with Crippen molar-refractivity contribution in [3.63, 3.8) is 0 Å². The third-order valence-electron chi connectivity index (χ3n) is 5.16. The number of rotatable bonds is 6. The first-order valence-corrected chi connectivity index (χ1v) is 8.51. The standard InChI is InChI=1S/C19H30N2O2/c1-15-8-7-11-19(12-15,21(2)3)14-20-18(22)17-10-6-5-9-16(17)13-23-4/h5-6,9-10,15H,7-8,11-14H2,1-4H3,(H,20,22). The minimum atomic E-state index is -0.00268. The molecule has 4 nitrogen and oxygen atoms in total. The molecule has 23 heavy (non-hydrogen) atoms. The topological polar surface area (TPSA) is 41.6 Å². The second-order valence-electron chi connectivity index (χ2n) is 7.09. The third kappa shape index (κ3) is 4.33. The second-order valence-corrected chi connectivity index (χ2v) is 7.09. The highest BCUT2D eigenvalue weighted by molar-refractivity contribution is 5.95. The summed E-state index contributed by atoms with van der Waals surface area (Å²) in [5.74, 6) is 0.709. The Bertz CT molecular complexity index is 530. The lowest BCUT2D eigenvalue weighted by Crippen LogP contribution is -2.55. The monoisotopic (exact) mass is 318 g/mol. The number of nitrogens with zero attached hydrogens (tertiary/aromatic N) is 1. The van der Waals surface area contributed by atoms with Crippen molar-refractivity contribution in [2.75, 3.05) is 27.7 Å². The molecule has 1 fully saturated rings. The Kier molecular flexibility index (Phi) is 6.19. The van der Waals surface area contributed by atoms with Crippen LogP contribution in [0.2, 0.25) is 0 Å². The van der Waals surface area contributed by atoms with Gasteiger partial charge in [-0.05, 0) is 44.5 Å². The van der Waals surface area contributed by atoms with E-state index in [9.17, 15) is 4.79 Å². The number of methoxy groups -OCH3 is 1. The van der Waals surface area contributed by atoms with Gasteiger partial charge in [0.2, 0.25) is 0 Å². The van der Waals surface area contributed by atoms with Gasteiger partial charge in [-0.15, -0.1) is 0 Å². The van der Waals surface area contributed by atoms with Crippen molar-refractivity contribution in [1.82, 2.24) is 10.2 Å². The summed E-state index contributed by atoms with van der Waals surface area (Å²) in [6.45, 7) is 3.47. The Morgan fingerprint density at radius 1 is 1.39 bits per heavy atom. The van der Waals surface area contributed by atoms with Crippen LogP contribution in [0.4, 0.5) is 0 Å². The normalized spacial score (nSPS) is 24.7. The molecule has 0 bridgehead atoms. The minimum Gasteiger partial charge on any atom is -0.380 e. The quantitative estimate of drug-likeness (QED) is 0.876. The maximum Gasteiger partial charge on any atom is 0.251 e. The Morgan fingerprint density at radius 3 is 2.78 bits per heavy atom. The summed E-state index contributed by atoms with van der Waals surface area (Å²) in [5.41, 5.74) is 1.72. The first-order chi connectivity index (χ1) is 11.0. The predicted molar refractivity (Wildman–Crippen MR) is 93.5 cm³/mol. The van der Waals surface area contributed by atoms with Crippen molar-refractivity contribution >= 4 is 5.91 Å². The van der Waals surface area contributed by atoms with Crippen LogP contribution in [0.3, 0.4) is 0 Å². The van der Waals surface area contributed by atoms with E-state index in [-0.39, 0.29) is 11.4 Å². The summed E-state index contributed by atoms with van der Waals surface area (Å²) in [4.78, 5) is 14.9. The first-order valence-electron chi connectivity index (χ1n) is 8.51. The maximum atomic E-state index is 12.6. The van der Waals surface area contributed by atoms with Gasteiger partial charge in [0.1, 0.15) is 0 Å². The Balaban J connectivity index is 2.08. The number of ether oxygens (including phenoxy) is 1. The molecular formula is C19H30N2O2. The smallest absolute Gasteiger partial charge is 0.251 e. The number of benzene rings is 1. The maximum absolute atomic E-state index is 12.6. The Hall–Kier alpha value is -1.39. The number of carbonyl (C=O) groups is 1. The summed E-state index contributed by atoms with van der Waals surface area (Å²) >= 11 is 0. The molecule has 0 radical (unpaired) electrons. The zero-order valence-corrected chi connectivity index (χ0v) is 14.9. The van der Waals surface area contributed by atoms with Crippen LogP contribution in [-0.4, -0.2) is 44.1 Å². The van der Waals surface area contributed by atoms with E-state index in [0.29, 0.717) is 24.6 Å². The molecule has 0 aliphatic heterocycles. The molecule has 1 aromatic carbocycles. The molecule has 0 heterocycles. The molecular weight excluding hydrogens is 288 g/mol. The molecule has 4 heteroatoms. The zero-order chi connectivity index (χ0) is 16.9. The highest BCUT2D eigenvalue weighted by Crippen LogP contribution is 2.35. The van der Waals surface area contributed by atoms with Gasteiger partial charge in [-0.1, -0.05) is 38.0 Å². The number of likely N-dealkylation sites (N-methyl/N-ethyl adjacent to an activating group) is 1. The van der Waals surface area contributed by atoms with E-state index < -0.39 is 0 Å². The number of amides is 1. The van der Waals surface area contributed by atoms with Crippen molar-refractivity contribution in [2.45, 2.75) is 44.8 Å². The lowest BCUT2D eigenvalue weighted by atomic mass is 9.75. The molecule has 2 rings (SSSR count). The Morgan fingerprint density at radius 2 is 2.13 bits per heavy atom. The van der Waals surface area contributed by atoms with E-state index in [1.807, 2.05) is 24.3 Å². The second kappa shape index (κ2) is 7.93. The van der Waals surface area contributed by atoms with Crippen LogP contribution in [0.5, 0.6) is 0 Å². The molecule has 2 unspecified atom stereocenters. The van der Waals surface area contributed by atoms with Crippen LogP contribution in [0.1, 0.15) is 48.5 Å². The molecule has 0 spiro atoms. The van der Waals surface area contributed by atoms with Gasteiger partial charge in [0.25, 0.3) is 5.91 Å². The highest BCUT2D eigenvalue weighted by atomic mass is 16.5. The molecule has 1 aliphatic carbocycles. The van der Waals surface area contributed by atoms with Gasteiger partial charge in [-0.3, -0.25) is 4.79 Å². The molecule has 2 atom stereocenters. The van der Waals surface area contributed by atoms with Gasteiger partial charge in [0, 0.05) is 24.8 Å². The van der Waals surface area contributed by atoms with Crippen molar-refractivity contribution < 1.29 is 9.53 Å². The van der Waals surface area contributed by atoms with Gasteiger partial charge < -0.3 is 15.0 Å². The van der Waals surface area contributed by atoms with Gasteiger partial charge >= 0.3 is 0 Å². The van der Waals surface area contributed by atoms with Crippen LogP contribution < -0.4 is 5.32 Å². The van der Waals surface area contributed by atoms with Gasteiger partial charge in [0.05, 0.1) is 6.61 Å². The fraction of sp³-hybridized carbons (Fsp3) is 0.632. The van der Waals surface area contributed by atoms with Gasteiger partial charge in [-0.25, -0.2) is 0 Å². The molecule has 1 amide bonds. The van der Waals surface area contributed by atoms with Crippen LogP contribution in [-0.2, 0) is 11.3 Å². The lowest BCUT2D eigenvalue weighted by Gasteiger charge is -2.45. The summed E-state index contributed by atoms with van der Waals surface area (Å²) < 4.78 is 5.20. The van der Waals surface area contributed by atoms with Crippen LogP contribution >= 0.6 is 0 Å². The van der Waals surface area contributed by atoms with E-state index in [1.54, 1.807) is 7.11 Å². The molecule has 0 aromatic heterocycles. The molecule has 1 aliphatic rings. The van der Waals surface area contributed by atoms with Crippen LogP contribution in [0, 0.1) is 5.92 Å². The van der Waals surface area contributed by atoms with E-state index >= 15 is 0 Å². The SMILES string of the molecule is COCc1ccccc1C(=O)NCC1(N(C)C)CCCC(C)C1. The number of carbonyl (C=O) groups excluding carboxylic acids is 1. The fourth-order valence-corrected chi connectivity index (χ4v) is 3.72. The number of hydrogen-bond acceptors (Lipinski definition) is 3. The van der Waals surface area contributed by atoms with Gasteiger partial charge in [-0.2, -0.15) is 0 Å². The van der Waals surface area contributed by atoms with Crippen molar-refractivity contribution in [3.8, 4) is 0 Å². The molecule has 1 saturated carbocycles. The molecule has 128 valence electrons. The largest absolute Gasteiger partial charge is 0.380 e. The summed E-state index contributed by atoms with van der Waals surface area (Å²) in [6, 6.07) is 7.66. The van der Waals surface area contributed by atoms with Crippen molar-refractivity contribution in [2.24, 2.45) is 5.92 Å². The average Bonchev–Trinajstić information content (AvgIpc) is 2.53. The number of hydrogen-bond donors (Lipinski definition) is 1. The third-order valence-corrected chi connectivity index (χ3v) is 5.16. The van der Waals surface area contributed by atoms with E-state index in [4.69, 9.17) is 4.74 Å². The molecule has 1 aromatic rings. The summed E-state index contributed by atoms with van der Waals surface area (Å²) in [5, 5.41) is 3.17. The Labute approximate surface area is 140 Å². The summed E-state index contributed by atoms with van der Waals surface area (Å²) in [6.07, 6.45) is 4.81. The predicted octanol–water partition coefficient (Wildman–Crippen LogP) is 3.07.